The largest absolute Gasteiger partial charge is 0.573 e. The first kappa shape index (κ1) is 16.3. The maximum atomic E-state index is 12.3. The molecule has 1 heterocycles. The summed E-state index contributed by atoms with van der Waals surface area (Å²) < 4.78 is 45.5. The lowest BCUT2D eigenvalue weighted by atomic mass is 10.3. The Hall–Kier alpha value is -3.04. The van der Waals surface area contributed by atoms with Gasteiger partial charge in [0.15, 0.2) is 5.75 Å². The number of nitrogens with one attached hydrogen (secondary N) is 2. The number of urea groups is 1. The number of carbonyl (C=O) groups is 1. The van der Waals surface area contributed by atoms with Crippen molar-refractivity contribution in [3.05, 3.63) is 36.7 Å². The fraction of sp³-hybridized carbons (Fsp3) is 0.154. The first-order valence-electron chi connectivity index (χ1n) is 6.16. The van der Waals surface area contributed by atoms with E-state index in [2.05, 4.69) is 25.3 Å². The molecule has 1 aromatic carbocycles. The van der Waals surface area contributed by atoms with Crippen LogP contribution < -0.4 is 20.1 Å². The molecule has 23 heavy (non-hydrogen) atoms. The summed E-state index contributed by atoms with van der Waals surface area (Å²) in [5.74, 6) is -0.527. The molecule has 0 aliphatic carbocycles. The van der Waals surface area contributed by atoms with Crippen LogP contribution in [0.2, 0.25) is 0 Å². The molecule has 0 bridgehead atoms. The molecule has 1 aromatic heterocycles. The first-order chi connectivity index (χ1) is 10.9. The molecule has 0 unspecified atom stereocenters. The van der Waals surface area contributed by atoms with E-state index in [4.69, 9.17) is 4.74 Å². The lowest BCUT2D eigenvalue weighted by Gasteiger charge is -2.14. The van der Waals surface area contributed by atoms with Crippen LogP contribution in [0.15, 0.2) is 36.7 Å². The lowest BCUT2D eigenvalue weighted by molar-refractivity contribution is -0.274. The average Bonchev–Trinajstić information content (AvgIpc) is 2.48. The summed E-state index contributed by atoms with van der Waals surface area (Å²) >= 11 is 0. The lowest BCUT2D eigenvalue weighted by Crippen LogP contribution is -2.22. The number of nitrogens with zero attached hydrogens (tertiary/aromatic N) is 2. The van der Waals surface area contributed by atoms with E-state index in [1.807, 2.05) is 0 Å². The number of para-hydroxylation sites is 2. The van der Waals surface area contributed by atoms with Gasteiger partial charge in [0, 0.05) is 0 Å². The number of ether oxygens (including phenoxy) is 2. The predicted octanol–water partition coefficient (Wildman–Crippen LogP) is 3.03. The van der Waals surface area contributed by atoms with Gasteiger partial charge < -0.3 is 20.1 Å². The third-order valence-electron chi connectivity index (χ3n) is 2.43. The molecular formula is C13H11F3N4O3. The van der Waals surface area contributed by atoms with Crippen molar-refractivity contribution in [2.24, 2.45) is 0 Å². The number of methoxy groups -OCH3 is 1. The molecule has 0 aliphatic rings. The van der Waals surface area contributed by atoms with Crippen LogP contribution in [0.5, 0.6) is 11.8 Å². The van der Waals surface area contributed by atoms with Gasteiger partial charge in [-0.2, -0.15) is 0 Å². The molecule has 0 radical (unpaired) electrons. The second-order valence-corrected chi connectivity index (χ2v) is 4.08. The molecule has 0 atom stereocenters. The molecule has 10 heteroatoms. The van der Waals surface area contributed by atoms with Gasteiger partial charge in [0.1, 0.15) is 0 Å². The number of alkyl halides is 3. The van der Waals surface area contributed by atoms with Gasteiger partial charge in [-0.25, -0.2) is 14.8 Å². The first-order valence-corrected chi connectivity index (χ1v) is 6.16. The predicted molar refractivity (Wildman–Crippen MR) is 74.4 cm³/mol. The number of hydrogen-bond acceptors (Lipinski definition) is 5. The fourth-order valence-corrected chi connectivity index (χ4v) is 1.55. The molecule has 7 nitrogen and oxygen atoms in total. The Labute approximate surface area is 128 Å². The van der Waals surface area contributed by atoms with E-state index in [9.17, 15) is 18.0 Å². The number of amides is 2. The van der Waals surface area contributed by atoms with Crippen molar-refractivity contribution < 1.29 is 27.4 Å². The summed E-state index contributed by atoms with van der Waals surface area (Å²) in [6.07, 6.45) is -2.30. The highest BCUT2D eigenvalue weighted by Gasteiger charge is 2.32. The standard InChI is InChI=1S/C13H11F3N4O3/c1-22-12-17-6-8(7-18-12)19-11(21)20-9-4-2-3-5-10(9)23-13(14,15)16/h2-7H,1H3,(H2,19,20,21). The van der Waals surface area contributed by atoms with Crippen molar-refractivity contribution in [2.75, 3.05) is 17.7 Å². The fourth-order valence-electron chi connectivity index (χ4n) is 1.55. The van der Waals surface area contributed by atoms with Crippen molar-refractivity contribution in [2.45, 2.75) is 6.36 Å². The van der Waals surface area contributed by atoms with Gasteiger partial charge in [-0.15, -0.1) is 13.2 Å². The minimum atomic E-state index is -4.86. The van der Waals surface area contributed by atoms with E-state index in [-0.39, 0.29) is 17.4 Å². The van der Waals surface area contributed by atoms with Gasteiger partial charge in [-0.05, 0) is 12.1 Å². The number of carbonyl (C=O) groups excluding carboxylic acids is 1. The summed E-state index contributed by atoms with van der Waals surface area (Å²) in [7, 11) is 1.38. The minimum Gasteiger partial charge on any atom is -0.467 e. The Bertz CT molecular complexity index is 677. The Morgan fingerprint density at radius 1 is 1.13 bits per heavy atom. The average molecular weight is 328 g/mol. The van der Waals surface area contributed by atoms with Crippen LogP contribution in [0.4, 0.5) is 29.3 Å². The number of hydrogen-bond donors (Lipinski definition) is 2. The van der Waals surface area contributed by atoms with E-state index >= 15 is 0 Å². The van der Waals surface area contributed by atoms with Crippen LogP contribution in [0.25, 0.3) is 0 Å². The Balaban J connectivity index is 2.05. The van der Waals surface area contributed by atoms with Crippen molar-refractivity contribution in [1.82, 2.24) is 9.97 Å². The second kappa shape index (κ2) is 6.81. The van der Waals surface area contributed by atoms with E-state index < -0.39 is 18.1 Å². The molecule has 2 amide bonds. The molecule has 0 spiro atoms. The van der Waals surface area contributed by atoms with Gasteiger partial charge >= 0.3 is 18.4 Å². The SMILES string of the molecule is COc1ncc(NC(=O)Nc2ccccc2OC(F)(F)F)cn1. The highest BCUT2D eigenvalue weighted by atomic mass is 19.4. The van der Waals surface area contributed by atoms with Crippen LogP contribution in [0.1, 0.15) is 0 Å². The molecule has 0 saturated carbocycles. The second-order valence-electron chi connectivity index (χ2n) is 4.08. The monoisotopic (exact) mass is 328 g/mol. The Morgan fingerprint density at radius 2 is 1.78 bits per heavy atom. The molecule has 2 aromatic rings. The summed E-state index contributed by atoms with van der Waals surface area (Å²) in [6, 6.07) is 4.48. The molecular weight excluding hydrogens is 317 g/mol. The van der Waals surface area contributed by atoms with Gasteiger partial charge in [-0.3, -0.25) is 0 Å². The topological polar surface area (TPSA) is 85.4 Å². The van der Waals surface area contributed by atoms with Crippen LogP contribution >= 0.6 is 0 Å². The van der Waals surface area contributed by atoms with E-state index in [1.54, 1.807) is 0 Å². The molecule has 0 saturated heterocycles. The molecule has 0 aliphatic heterocycles. The highest BCUT2D eigenvalue weighted by molar-refractivity contribution is 6.00. The molecule has 122 valence electrons. The van der Waals surface area contributed by atoms with Crippen LogP contribution in [0, 0.1) is 0 Å². The zero-order valence-electron chi connectivity index (χ0n) is 11.7. The van der Waals surface area contributed by atoms with Gasteiger partial charge in [0.25, 0.3) is 0 Å². The molecule has 2 rings (SSSR count). The van der Waals surface area contributed by atoms with Crippen molar-refractivity contribution in [3.8, 4) is 11.8 Å². The highest BCUT2D eigenvalue weighted by Crippen LogP contribution is 2.29. The molecule has 0 fully saturated rings. The minimum absolute atomic E-state index is 0.111. The summed E-state index contributed by atoms with van der Waals surface area (Å²) in [4.78, 5) is 19.4. The van der Waals surface area contributed by atoms with Crippen molar-refractivity contribution in [1.29, 1.82) is 0 Å². The van der Waals surface area contributed by atoms with Gasteiger partial charge in [0.05, 0.1) is 30.9 Å². The van der Waals surface area contributed by atoms with Gasteiger partial charge in [-0.1, -0.05) is 12.1 Å². The normalized spacial score (nSPS) is 10.8. The maximum Gasteiger partial charge on any atom is 0.573 e. The van der Waals surface area contributed by atoms with Crippen LogP contribution in [-0.4, -0.2) is 29.5 Å². The summed E-state index contributed by atoms with van der Waals surface area (Å²) in [5.41, 5.74) is 0.0919. The molecule has 2 N–H and O–H groups in total. The van der Waals surface area contributed by atoms with Crippen molar-refractivity contribution >= 4 is 17.4 Å². The number of halogens is 3. The zero-order chi connectivity index (χ0) is 16.9. The van der Waals surface area contributed by atoms with Crippen molar-refractivity contribution in [3.63, 3.8) is 0 Å². The van der Waals surface area contributed by atoms with E-state index in [0.717, 1.165) is 6.07 Å². The Kier molecular flexibility index (Phi) is 4.84. The maximum absolute atomic E-state index is 12.3. The number of anilines is 2. The number of benzene rings is 1. The third kappa shape index (κ3) is 5.02. The smallest absolute Gasteiger partial charge is 0.467 e. The summed E-state index contributed by atoms with van der Waals surface area (Å²) in [5, 5.41) is 4.61. The zero-order valence-corrected chi connectivity index (χ0v) is 11.7. The van der Waals surface area contributed by atoms with Gasteiger partial charge in [0.2, 0.25) is 0 Å². The summed E-state index contributed by atoms with van der Waals surface area (Å²) in [6.45, 7) is 0. The Morgan fingerprint density at radius 3 is 2.39 bits per heavy atom. The van der Waals surface area contributed by atoms with E-state index in [1.165, 1.54) is 37.7 Å². The number of rotatable bonds is 4. The number of aromatic nitrogens is 2. The quantitative estimate of drug-likeness (QED) is 0.901. The van der Waals surface area contributed by atoms with Crippen LogP contribution in [-0.2, 0) is 0 Å². The van der Waals surface area contributed by atoms with Crippen LogP contribution in [0.3, 0.4) is 0 Å². The third-order valence-corrected chi connectivity index (χ3v) is 2.43. The van der Waals surface area contributed by atoms with E-state index in [0.29, 0.717) is 0 Å².